The molecule has 0 aromatic carbocycles. The molecule has 0 saturated carbocycles. The summed E-state index contributed by atoms with van der Waals surface area (Å²) in [5.74, 6) is -0.0177. The number of amides is 1. The third-order valence-corrected chi connectivity index (χ3v) is 4.34. The molecule has 1 unspecified atom stereocenters. The van der Waals surface area contributed by atoms with Gasteiger partial charge in [0.05, 0.1) is 11.6 Å². The van der Waals surface area contributed by atoms with Crippen molar-refractivity contribution < 1.29 is 4.79 Å². The smallest absolute Gasteiger partial charge is 0.255 e. The molecule has 0 aliphatic rings. The highest BCUT2D eigenvalue weighted by atomic mass is 79.9. The fourth-order valence-corrected chi connectivity index (χ4v) is 2.66. The van der Waals surface area contributed by atoms with Gasteiger partial charge in [0.15, 0.2) is 0 Å². The average molecular weight is 325 g/mol. The number of rotatable bonds is 3. The second-order valence-electron chi connectivity index (χ2n) is 3.98. The average Bonchev–Trinajstić information content (AvgIpc) is 2.91. The Morgan fingerprint density at radius 1 is 1.44 bits per heavy atom. The Bertz CT molecular complexity index is 524. The fourth-order valence-electron chi connectivity index (χ4n) is 1.60. The Labute approximate surface area is 119 Å². The molecule has 2 rings (SSSR count). The van der Waals surface area contributed by atoms with Gasteiger partial charge in [-0.25, -0.2) is 4.98 Å². The molecule has 2 aromatic rings. The summed E-state index contributed by atoms with van der Waals surface area (Å²) in [7, 11) is 1.81. The predicted octanol–water partition coefficient (Wildman–Crippen LogP) is 3.74. The third-order valence-electron chi connectivity index (χ3n) is 2.83. The van der Waals surface area contributed by atoms with Crippen LogP contribution in [0.4, 0.5) is 0 Å². The van der Waals surface area contributed by atoms with Crippen LogP contribution in [0.3, 0.4) is 0 Å². The highest BCUT2D eigenvalue weighted by Gasteiger charge is 2.19. The van der Waals surface area contributed by atoms with Crippen LogP contribution in [0, 0.1) is 0 Å². The number of hydrogen-bond acceptors (Lipinski definition) is 3. The van der Waals surface area contributed by atoms with E-state index in [2.05, 4.69) is 20.9 Å². The summed E-state index contributed by atoms with van der Waals surface area (Å²) in [6.07, 6.45) is 1.59. The van der Waals surface area contributed by atoms with Gasteiger partial charge in [-0.1, -0.05) is 6.07 Å². The van der Waals surface area contributed by atoms with E-state index in [1.165, 1.54) is 4.88 Å². The summed E-state index contributed by atoms with van der Waals surface area (Å²) in [6, 6.07) is 7.66. The number of carbonyl (C=O) groups excluding carboxylic acids is 1. The van der Waals surface area contributed by atoms with E-state index in [0.29, 0.717) is 5.56 Å². The molecule has 0 N–H and O–H groups in total. The molecule has 2 aromatic heterocycles. The maximum Gasteiger partial charge on any atom is 0.255 e. The van der Waals surface area contributed by atoms with Gasteiger partial charge >= 0.3 is 0 Å². The van der Waals surface area contributed by atoms with Gasteiger partial charge in [-0.2, -0.15) is 0 Å². The zero-order valence-electron chi connectivity index (χ0n) is 10.1. The highest BCUT2D eigenvalue weighted by Crippen LogP contribution is 2.24. The van der Waals surface area contributed by atoms with Gasteiger partial charge in [0, 0.05) is 18.1 Å². The van der Waals surface area contributed by atoms with Gasteiger partial charge in [-0.3, -0.25) is 4.79 Å². The van der Waals surface area contributed by atoms with E-state index in [-0.39, 0.29) is 11.9 Å². The predicted molar refractivity (Wildman–Crippen MR) is 76.8 cm³/mol. The van der Waals surface area contributed by atoms with Gasteiger partial charge in [-0.15, -0.1) is 11.3 Å². The summed E-state index contributed by atoms with van der Waals surface area (Å²) >= 11 is 4.92. The largest absolute Gasteiger partial charge is 0.334 e. The maximum absolute atomic E-state index is 12.3. The van der Waals surface area contributed by atoms with Crippen molar-refractivity contribution in [3.8, 4) is 0 Å². The van der Waals surface area contributed by atoms with Crippen LogP contribution in [0.2, 0.25) is 0 Å². The quantitative estimate of drug-likeness (QED) is 0.806. The van der Waals surface area contributed by atoms with E-state index < -0.39 is 0 Å². The number of halogens is 1. The van der Waals surface area contributed by atoms with Gasteiger partial charge in [-0.05, 0) is 46.4 Å². The summed E-state index contributed by atoms with van der Waals surface area (Å²) < 4.78 is 0.730. The second-order valence-corrected chi connectivity index (χ2v) is 5.77. The third kappa shape index (κ3) is 2.79. The van der Waals surface area contributed by atoms with Crippen LogP contribution < -0.4 is 0 Å². The minimum Gasteiger partial charge on any atom is -0.334 e. The summed E-state index contributed by atoms with van der Waals surface area (Å²) in [5.41, 5.74) is 0.601. The molecule has 0 spiro atoms. The molecular formula is C13H13BrN2OS. The van der Waals surface area contributed by atoms with Crippen LogP contribution in [0.1, 0.15) is 28.2 Å². The van der Waals surface area contributed by atoms with Crippen molar-refractivity contribution in [2.24, 2.45) is 0 Å². The van der Waals surface area contributed by atoms with E-state index in [1.54, 1.807) is 34.6 Å². The van der Waals surface area contributed by atoms with Crippen LogP contribution in [0.5, 0.6) is 0 Å². The van der Waals surface area contributed by atoms with Crippen molar-refractivity contribution in [1.29, 1.82) is 0 Å². The van der Waals surface area contributed by atoms with E-state index in [1.807, 2.05) is 31.5 Å². The lowest BCUT2D eigenvalue weighted by atomic mass is 10.2. The fraction of sp³-hybridized carbons (Fsp3) is 0.231. The monoisotopic (exact) mass is 324 g/mol. The van der Waals surface area contributed by atoms with Crippen LogP contribution in [0.15, 0.2) is 40.4 Å². The van der Waals surface area contributed by atoms with E-state index >= 15 is 0 Å². The highest BCUT2D eigenvalue weighted by molar-refractivity contribution is 9.10. The molecule has 0 aliphatic carbocycles. The molecule has 5 heteroatoms. The SMILES string of the molecule is CC(c1cccs1)N(C)C(=O)c1ccc(Br)nc1. The minimum atomic E-state index is -0.0177. The molecular weight excluding hydrogens is 312 g/mol. The molecule has 0 aliphatic heterocycles. The lowest BCUT2D eigenvalue weighted by Crippen LogP contribution is -2.29. The number of aromatic nitrogens is 1. The first kappa shape index (κ1) is 13.2. The first-order valence-corrected chi connectivity index (χ1v) is 7.19. The number of thiophene rings is 1. The van der Waals surface area contributed by atoms with Gasteiger partial charge in [0.2, 0.25) is 0 Å². The number of hydrogen-bond donors (Lipinski definition) is 0. The van der Waals surface area contributed by atoms with Crippen molar-refractivity contribution in [2.75, 3.05) is 7.05 Å². The van der Waals surface area contributed by atoms with Gasteiger partial charge < -0.3 is 4.90 Å². The summed E-state index contributed by atoms with van der Waals surface area (Å²) in [6.45, 7) is 2.02. The van der Waals surface area contributed by atoms with Gasteiger partial charge in [0.1, 0.15) is 4.60 Å². The maximum atomic E-state index is 12.3. The van der Waals surface area contributed by atoms with Crippen molar-refractivity contribution >= 4 is 33.2 Å². The molecule has 94 valence electrons. The first-order valence-electron chi connectivity index (χ1n) is 5.51. The molecule has 0 radical (unpaired) electrons. The van der Waals surface area contributed by atoms with E-state index in [4.69, 9.17) is 0 Å². The zero-order chi connectivity index (χ0) is 13.1. The van der Waals surface area contributed by atoms with Crippen LogP contribution in [-0.4, -0.2) is 22.8 Å². The zero-order valence-corrected chi connectivity index (χ0v) is 12.5. The molecule has 1 amide bonds. The normalized spacial score (nSPS) is 12.2. The molecule has 0 bridgehead atoms. The second kappa shape index (κ2) is 5.63. The molecule has 1 atom stereocenters. The van der Waals surface area contributed by atoms with Crippen LogP contribution in [-0.2, 0) is 0 Å². The number of nitrogens with zero attached hydrogens (tertiary/aromatic N) is 2. The lowest BCUT2D eigenvalue weighted by molar-refractivity contribution is 0.0744. The molecule has 0 saturated heterocycles. The van der Waals surface area contributed by atoms with Crippen molar-refractivity contribution in [2.45, 2.75) is 13.0 Å². The van der Waals surface area contributed by atoms with E-state index in [0.717, 1.165) is 4.60 Å². The minimum absolute atomic E-state index is 0.0177. The van der Waals surface area contributed by atoms with Crippen molar-refractivity contribution in [3.63, 3.8) is 0 Å². The summed E-state index contributed by atoms with van der Waals surface area (Å²) in [4.78, 5) is 19.3. The topological polar surface area (TPSA) is 33.2 Å². The van der Waals surface area contributed by atoms with E-state index in [9.17, 15) is 4.79 Å². The Kier molecular flexibility index (Phi) is 4.14. The van der Waals surface area contributed by atoms with Crippen LogP contribution in [0.25, 0.3) is 0 Å². The summed E-state index contributed by atoms with van der Waals surface area (Å²) in [5, 5.41) is 2.02. The lowest BCUT2D eigenvalue weighted by Gasteiger charge is -2.24. The van der Waals surface area contributed by atoms with Gasteiger partial charge in [0.25, 0.3) is 5.91 Å². The Hall–Kier alpha value is -1.20. The number of pyridine rings is 1. The Balaban J connectivity index is 2.16. The Morgan fingerprint density at radius 3 is 2.78 bits per heavy atom. The standard InChI is InChI=1S/C13H13BrN2OS/c1-9(11-4-3-7-18-11)16(2)13(17)10-5-6-12(14)15-8-10/h3-9H,1-2H3. The molecule has 2 heterocycles. The van der Waals surface area contributed by atoms with Crippen molar-refractivity contribution in [3.05, 3.63) is 50.9 Å². The Morgan fingerprint density at radius 2 is 2.22 bits per heavy atom. The molecule has 3 nitrogen and oxygen atoms in total. The van der Waals surface area contributed by atoms with Crippen LogP contribution >= 0.6 is 27.3 Å². The molecule has 0 fully saturated rings. The molecule has 18 heavy (non-hydrogen) atoms. The first-order chi connectivity index (χ1) is 8.59. The van der Waals surface area contributed by atoms with Crippen molar-refractivity contribution in [1.82, 2.24) is 9.88 Å². The number of carbonyl (C=O) groups is 1.